The molecule has 0 spiro atoms. The second kappa shape index (κ2) is 8.82. The molecule has 0 aliphatic carbocycles. The van der Waals surface area contributed by atoms with Gasteiger partial charge in [-0.05, 0) is 31.6 Å². The molecular formula is C16H30N4O. The van der Waals surface area contributed by atoms with Crippen molar-refractivity contribution in [3.05, 3.63) is 11.9 Å². The topological polar surface area (TPSA) is 70.1 Å². The molecule has 0 aliphatic heterocycles. The van der Waals surface area contributed by atoms with Gasteiger partial charge in [0.1, 0.15) is 17.5 Å². The largest absolute Gasteiger partial charge is 0.396 e. The average Bonchev–Trinajstić information content (AvgIpc) is 2.44. The summed E-state index contributed by atoms with van der Waals surface area (Å²) in [7, 11) is 0. The highest BCUT2D eigenvalue weighted by Gasteiger charge is 2.17. The monoisotopic (exact) mass is 294 g/mol. The molecule has 1 aromatic heterocycles. The first-order valence-corrected chi connectivity index (χ1v) is 7.97. The summed E-state index contributed by atoms with van der Waals surface area (Å²) in [5.41, 5.74) is 0.136. The Balaban J connectivity index is 2.72. The molecule has 1 rings (SSSR count). The number of hydrogen-bond donors (Lipinski definition) is 3. The first kappa shape index (κ1) is 17.7. The number of hydrogen-bond acceptors (Lipinski definition) is 5. The summed E-state index contributed by atoms with van der Waals surface area (Å²) in [6, 6.07) is 1.96. The van der Waals surface area contributed by atoms with E-state index in [0.29, 0.717) is 0 Å². The lowest BCUT2D eigenvalue weighted by molar-refractivity contribution is 0.248. The molecule has 3 N–H and O–H groups in total. The Bertz CT molecular complexity index is 396. The number of aliphatic hydroxyl groups is 1. The maximum Gasteiger partial charge on any atom is 0.133 e. The fourth-order valence-corrected chi connectivity index (χ4v) is 2.17. The summed E-state index contributed by atoms with van der Waals surface area (Å²) in [6.07, 6.45) is 3.75. The third-order valence-corrected chi connectivity index (χ3v) is 3.36. The lowest BCUT2D eigenvalue weighted by Crippen LogP contribution is -2.24. The third kappa shape index (κ3) is 6.76. The van der Waals surface area contributed by atoms with Crippen molar-refractivity contribution in [1.29, 1.82) is 0 Å². The van der Waals surface area contributed by atoms with E-state index in [0.717, 1.165) is 56.2 Å². The molecule has 21 heavy (non-hydrogen) atoms. The van der Waals surface area contributed by atoms with Gasteiger partial charge in [0.15, 0.2) is 0 Å². The number of aryl methyl sites for hydroxylation is 1. The molecule has 5 heteroatoms. The molecule has 0 atom stereocenters. The zero-order chi connectivity index (χ0) is 15.7. The van der Waals surface area contributed by atoms with Crippen LogP contribution in [-0.4, -0.2) is 34.8 Å². The first-order valence-electron chi connectivity index (χ1n) is 7.97. The lowest BCUT2D eigenvalue weighted by atomic mass is 9.88. The van der Waals surface area contributed by atoms with Gasteiger partial charge in [-0.3, -0.25) is 0 Å². The van der Waals surface area contributed by atoms with Crippen LogP contribution in [0.3, 0.4) is 0 Å². The average molecular weight is 294 g/mol. The van der Waals surface area contributed by atoms with Gasteiger partial charge in [-0.25, -0.2) is 9.97 Å². The highest BCUT2D eigenvalue weighted by Crippen LogP contribution is 2.23. The van der Waals surface area contributed by atoms with Crippen molar-refractivity contribution in [2.24, 2.45) is 5.41 Å². The molecule has 0 fully saturated rings. The normalized spacial score (nSPS) is 11.5. The van der Waals surface area contributed by atoms with Crippen LogP contribution in [0.1, 0.15) is 52.8 Å². The molecule has 0 saturated heterocycles. The van der Waals surface area contributed by atoms with Crippen LogP contribution in [0.25, 0.3) is 0 Å². The molecule has 0 radical (unpaired) electrons. The van der Waals surface area contributed by atoms with Crippen molar-refractivity contribution in [2.45, 2.75) is 53.4 Å². The molecule has 5 nitrogen and oxygen atoms in total. The second-order valence-electron chi connectivity index (χ2n) is 6.18. The van der Waals surface area contributed by atoms with Crippen LogP contribution in [0.2, 0.25) is 0 Å². The van der Waals surface area contributed by atoms with Crippen molar-refractivity contribution in [3.8, 4) is 0 Å². The van der Waals surface area contributed by atoms with E-state index in [4.69, 9.17) is 5.11 Å². The van der Waals surface area contributed by atoms with Gasteiger partial charge in [0, 0.05) is 32.2 Å². The molecule has 0 amide bonds. The van der Waals surface area contributed by atoms with Gasteiger partial charge < -0.3 is 15.7 Å². The molecule has 0 aliphatic rings. The summed E-state index contributed by atoms with van der Waals surface area (Å²) in [5, 5.41) is 15.6. The number of aliphatic hydroxyl groups excluding tert-OH is 1. The van der Waals surface area contributed by atoms with Crippen molar-refractivity contribution < 1.29 is 5.11 Å². The molecule has 1 heterocycles. The number of aromatic nitrogens is 2. The predicted molar refractivity (Wildman–Crippen MR) is 88.8 cm³/mol. The Hall–Kier alpha value is -1.36. The summed E-state index contributed by atoms with van der Waals surface area (Å²) >= 11 is 0. The number of nitrogens with one attached hydrogen (secondary N) is 2. The van der Waals surface area contributed by atoms with Crippen LogP contribution in [0.15, 0.2) is 6.07 Å². The quantitative estimate of drug-likeness (QED) is 0.618. The fraction of sp³-hybridized carbons (Fsp3) is 0.750. The molecule has 0 unspecified atom stereocenters. The predicted octanol–water partition coefficient (Wildman–Crippen LogP) is 3.07. The molecule has 120 valence electrons. The second-order valence-corrected chi connectivity index (χ2v) is 6.18. The van der Waals surface area contributed by atoms with Gasteiger partial charge in [-0.15, -0.1) is 0 Å². The minimum atomic E-state index is 0.136. The summed E-state index contributed by atoms with van der Waals surface area (Å²) in [6.45, 7) is 10.5. The van der Waals surface area contributed by atoms with Crippen LogP contribution in [0.4, 0.5) is 11.6 Å². The zero-order valence-electron chi connectivity index (χ0n) is 13.9. The van der Waals surface area contributed by atoms with Crippen LogP contribution < -0.4 is 10.6 Å². The minimum absolute atomic E-state index is 0.136. The molecule has 0 saturated carbocycles. The molecular weight excluding hydrogens is 264 g/mol. The highest BCUT2D eigenvalue weighted by molar-refractivity contribution is 5.47. The molecule has 0 aromatic carbocycles. The Morgan fingerprint density at radius 2 is 1.81 bits per heavy atom. The maximum absolute atomic E-state index is 8.96. The molecule has 1 aromatic rings. The van der Waals surface area contributed by atoms with Gasteiger partial charge >= 0.3 is 0 Å². The minimum Gasteiger partial charge on any atom is -0.396 e. The number of rotatable bonds is 10. The van der Waals surface area contributed by atoms with Crippen LogP contribution in [0, 0.1) is 5.41 Å². The van der Waals surface area contributed by atoms with E-state index < -0.39 is 0 Å². The van der Waals surface area contributed by atoms with Crippen molar-refractivity contribution in [3.63, 3.8) is 0 Å². The van der Waals surface area contributed by atoms with Crippen molar-refractivity contribution >= 4 is 11.6 Å². The zero-order valence-corrected chi connectivity index (χ0v) is 13.9. The summed E-state index contributed by atoms with van der Waals surface area (Å²) in [4.78, 5) is 9.09. The Morgan fingerprint density at radius 3 is 2.38 bits per heavy atom. The summed E-state index contributed by atoms with van der Waals surface area (Å²) < 4.78 is 0. The van der Waals surface area contributed by atoms with E-state index in [1.54, 1.807) is 0 Å². The van der Waals surface area contributed by atoms with Gasteiger partial charge in [0.25, 0.3) is 0 Å². The van der Waals surface area contributed by atoms with E-state index in [1.807, 2.05) is 6.07 Å². The van der Waals surface area contributed by atoms with E-state index in [-0.39, 0.29) is 12.0 Å². The van der Waals surface area contributed by atoms with E-state index >= 15 is 0 Å². The Kier molecular flexibility index (Phi) is 7.43. The summed E-state index contributed by atoms with van der Waals surface area (Å²) in [5.74, 6) is 2.64. The molecule has 0 bridgehead atoms. The SMILES string of the molecule is CCCc1nc(NCC)cc(NCC(C)(C)CCCO)n1. The van der Waals surface area contributed by atoms with E-state index in [9.17, 15) is 0 Å². The van der Waals surface area contributed by atoms with Gasteiger partial charge in [-0.1, -0.05) is 20.8 Å². The van der Waals surface area contributed by atoms with Crippen LogP contribution in [-0.2, 0) is 6.42 Å². The smallest absolute Gasteiger partial charge is 0.133 e. The fourth-order valence-electron chi connectivity index (χ4n) is 2.17. The first-order chi connectivity index (χ1) is 10.0. The highest BCUT2D eigenvalue weighted by atomic mass is 16.2. The van der Waals surface area contributed by atoms with Crippen molar-refractivity contribution in [2.75, 3.05) is 30.3 Å². The number of nitrogens with zero attached hydrogens (tertiary/aromatic N) is 2. The van der Waals surface area contributed by atoms with Crippen molar-refractivity contribution in [1.82, 2.24) is 9.97 Å². The standard InChI is InChI=1S/C16H30N4O/c1-5-8-13-19-14(17-6-2)11-15(20-13)18-12-16(3,4)9-7-10-21/h11,21H,5-10,12H2,1-4H3,(H2,17,18,19,20). The van der Waals surface area contributed by atoms with Gasteiger partial charge in [0.05, 0.1) is 0 Å². The third-order valence-electron chi connectivity index (χ3n) is 3.36. The van der Waals surface area contributed by atoms with Crippen LogP contribution in [0.5, 0.6) is 0 Å². The van der Waals surface area contributed by atoms with Gasteiger partial charge in [-0.2, -0.15) is 0 Å². The van der Waals surface area contributed by atoms with Gasteiger partial charge in [0.2, 0.25) is 0 Å². The van der Waals surface area contributed by atoms with Crippen LogP contribution >= 0.6 is 0 Å². The Labute approximate surface area is 128 Å². The van der Waals surface area contributed by atoms with E-state index in [2.05, 4.69) is 48.3 Å². The Morgan fingerprint density at radius 1 is 1.14 bits per heavy atom. The van der Waals surface area contributed by atoms with E-state index in [1.165, 1.54) is 0 Å². The number of anilines is 2. The maximum atomic E-state index is 8.96. The lowest BCUT2D eigenvalue weighted by Gasteiger charge is -2.25.